The maximum absolute atomic E-state index is 12.3. The summed E-state index contributed by atoms with van der Waals surface area (Å²) in [6, 6.07) is 0. The van der Waals surface area contributed by atoms with Gasteiger partial charge in [-0.25, -0.2) is 5.43 Å². The summed E-state index contributed by atoms with van der Waals surface area (Å²) in [5.41, 5.74) is 8.20. The maximum atomic E-state index is 12.3. The van der Waals surface area contributed by atoms with Crippen LogP contribution in [0.5, 0.6) is 0 Å². The van der Waals surface area contributed by atoms with E-state index in [1.54, 1.807) is 6.26 Å². The summed E-state index contributed by atoms with van der Waals surface area (Å²) in [4.78, 5) is 12.3. The third-order valence-corrected chi connectivity index (χ3v) is 3.58. The third kappa shape index (κ3) is 3.38. The van der Waals surface area contributed by atoms with E-state index in [1.165, 1.54) is 5.57 Å². The van der Waals surface area contributed by atoms with Gasteiger partial charge in [0, 0.05) is 5.54 Å². The van der Waals surface area contributed by atoms with Crippen LogP contribution in [0.2, 0.25) is 0 Å². The molecule has 0 saturated heterocycles. The fourth-order valence-electron chi connectivity index (χ4n) is 2.60. The molecule has 2 rings (SSSR count). The summed E-state index contributed by atoms with van der Waals surface area (Å²) in [6.45, 7) is 8.12. The van der Waals surface area contributed by atoms with E-state index in [0.717, 1.165) is 24.8 Å². The van der Waals surface area contributed by atoms with Crippen LogP contribution in [-0.2, 0) is 9.53 Å². The predicted octanol–water partition coefficient (Wildman–Crippen LogP) is 2.43. The maximum Gasteiger partial charge on any atom is 0.241 e. The number of hydrogen-bond donors (Lipinski definition) is 2. The molecule has 4 nitrogen and oxygen atoms in total. The molecule has 19 heavy (non-hydrogen) atoms. The molecule has 0 fully saturated rings. The summed E-state index contributed by atoms with van der Waals surface area (Å²) in [5, 5.41) is 0. The van der Waals surface area contributed by atoms with Crippen LogP contribution in [0.15, 0.2) is 23.5 Å². The van der Waals surface area contributed by atoms with Crippen molar-refractivity contribution in [3.05, 3.63) is 23.5 Å². The zero-order valence-electron chi connectivity index (χ0n) is 12.2. The van der Waals surface area contributed by atoms with E-state index >= 15 is 0 Å². The van der Waals surface area contributed by atoms with Crippen LogP contribution >= 0.6 is 0 Å². The lowest BCUT2D eigenvalue weighted by atomic mass is 9.80. The summed E-state index contributed by atoms with van der Waals surface area (Å²) in [7, 11) is 0. The minimum Gasteiger partial charge on any atom is -0.494 e. The number of carbonyl (C=O) groups is 1. The molecule has 0 bridgehead atoms. The lowest BCUT2D eigenvalue weighted by Gasteiger charge is -2.32. The topological polar surface area (TPSA) is 50.4 Å². The average Bonchev–Trinajstić information content (AvgIpc) is 2.35. The van der Waals surface area contributed by atoms with E-state index < -0.39 is 0 Å². The normalized spacial score (nSPS) is 26.7. The van der Waals surface area contributed by atoms with Crippen molar-refractivity contribution in [1.82, 2.24) is 10.9 Å². The van der Waals surface area contributed by atoms with Gasteiger partial charge in [-0.1, -0.05) is 0 Å². The van der Waals surface area contributed by atoms with Crippen molar-refractivity contribution in [3.8, 4) is 0 Å². The Bertz CT molecular complexity index is 418. The van der Waals surface area contributed by atoms with Crippen molar-refractivity contribution in [2.75, 3.05) is 0 Å². The van der Waals surface area contributed by atoms with Crippen molar-refractivity contribution in [2.24, 2.45) is 5.92 Å². The van der Waals surface area contributed by atoms with E-state index in [9.17, 15) is 4.79 Å². The zero-order valence-corrected chi connectivity index (χ0v) is 12.2. The largest absolute Gasteiger partial charge is 0.494 e. The number of hydrazine groups is 1. The molecule has 0 radical (unpaired) electrons. The summed E-state index contributed by atoms with van der Waals surface area (Å²) in [5.74, 6) is 0.00192. The SMILES string of the molecule is CC1OC=CC2=C1CCCC2C(=O)NNC(C)(C)C. The molecule has 2 aliphatic rings. The van der Waals surface area contributed by atoms with Crippen molar-refractivity contribution in [1.29, 1.82) is 0 Å². The second-order valence-electron chi connectivity index (χ2n) is 6.37. The van der Waals surface area contributed by atoms with Gasteiger partial charge in [0.15, 0.2) is 0 Å². The van der Waals surface area contributed by atoms with E-state index in [-0.39, 0.29) is 23.5 Å². The first-order chi connectivity index (χ1) is 8.88. The Morgan fingerprint density at radius 1 is 1.42 bits per heavy atom. The molecule has 0 aromatic heterocycles. The highest BCUT2D eigenvalue weighted by Crippen LogP contribution is 2.36. The smallest absolute Gasteiger partial charge is 0.241 e. The number of allylic oxidation sites excluding steroid dienone is 1. The van der Waals surface area contributed by atoms with Gasteiger partial charge < -0.3 is 4.74 Å². The van der Waals surface area contributed by atoms with Crippen molar-refractivity contribution >= 4 is 5.91 Å². The van der Waals surface area contributed by atoms with Crippen molar-refractivity contribution in [3.63, 3.8) is 0 Å². The van der Waals surface area contributed by atoms with Gasteiger partial charge in [0.25, 0.3) is 0 Å². The minimum absolute atomic E-state index is 0.0544. The van der Waals surface area contributed by atoms with Crippen LogP contribution in [0.4, 0.5) is 0 Å². The van der Waals surface area contributed by atoms with E-state index in [1.807, 2.05) is 33.8 Å². The van der Waals surface area contributed by atoms with Crippen LogP contribution in [0.1, 0.15) is 47.0 Å². The summed E-state index contributed by atoms with van der Waals surface area (Å²) < 4.78 is 5.50. The molecule has 0 saturated carbocycles. The van der Waals surface area contributed by atoms with Crippen LogP contribution in [0, 0.1) is 5.92 Å². The Hall–Kier alpha value is -1.29. The number of nitrogens with one attached hydrogen (secondary N) is 2. The highest BCUT2D eigenvalue weighted by Gasteiger charge is 2.31. The molecule has 0 aromatic carbocycles. The first-order valence-electron chi connectivity index (χ1n) is 7.00. The van der Waals surface area contributed by atoms with E-state index in [4.69, 9.17) is 4.74 Å². The molecule has 2 unspecified atom stereocenters. The molecular formula is C15H24N2O2. The first kappa shape index (κ1) is 14.1. The quantitative estimate of drug-likeness (QED) is 0.753. The van der Waals surface area contributed by atoms with Gasteiger partial charge in [-0.05, 0) is 64.2 Å². The summed E-state index contributed by atoms with van der Waals surface area (Å²) >= 11 is 0. The molecule has 2 N–H and O–H groups in total. The molecule has 1 aliphatic heterocycles. The molecule has 0 aromatic rings. The Labute approximate surface area is 115 Å². The van der Waals surface area contributed by atoms with Gasteiger partial charge in [-0.15, -0.1) is 0 Å². The fourth-order valence-corrected chi connectivity index (χ4v) is 2.60. The van der Waals surface area contributed by atoms with E-state index in [2.05, 4.69) is 10.9 Å². The van der Waals surface area contributed by atoms with Crippen LogP contribution in [0.25, 0.3) is 0 Å². The number of rotatable bonds is 2. The highest BCUT2D eigenvalue weighted by molar-refractivity contribution is 5.82. The first-order valence-corrected chi connectivity index (χ1v) is 7.00. The average molecular weight is 264 g/mol. The molecule has 2 atom stereocenters. The molecule has 4 heteroatoms. The molecular weight excluding hydrogens is 240 g/mol. The van der Waals surface area contributed by atoms with Crippen LogP contribution < -0.4 is 10.9 Å². The van der Waals surface area contributed by atoms with Gasteiger partial charge >= 0.3 is 0 Å². The number of amides is 1. The third-order valence-electron chi connectivity index (χ3n) is 3.58. The number of ether oxygens (including phenoxy) is 1. The summed E-state index contributed by atoms with van der Waals surface area (Å²) in [6.07, 6.45) is 6.77. The van der Waals surface area contributed by atoms with Crippen molar-refractivity contribution in [2.45, 2.75) is 58.6 Å². The van der Waals surface area contributed by atoms with Crippen LogP contribution in [0.3, 0.4) is 0 Å². The lowest BCUT2D eigenvalue weighted by molar-refractivity contribution is -0.125. The van der Waals surface area contributed by atoms with Gasteiger partial charge in [-0.3, -0.25) is 10.2 Å². The minimum atomic E-state index is -0.125. The Balaban J connectivity index is 2.09. The number of carbonyl (C=O) groups excluding carboxylic acids is 1. The second-order valence-corrected chi connectivity index (χ2v) is 6.37. The van der Waals surface area contributed by atoms with Gasteiger partial charge in [-0.2, -0.15) is 0 Å². The molecule has 1 amide bonds. The molecule has 106 valence electrons. The van der Waals surface area contributed by atoms with Gasteiger partial charge in [0.2, 0.25) is 5.91 Å². The Morgan fingerprint density at radius 3 is 2.84 bits per heavy atom. The molecule has 1 aliphatic carbocycles. The highest BCUT2D eigenvalue weighted by atomic mass is 16.5. The van der Waals surface area contributed by atoms with Crippen molar-refractivity contribution < 1.29 is 9.53 Å². The molecule has 1 heterocycles. The lowest BCUT2D eigenvalue weighted by Crippen LogP contribution is -2.51. The standard InChI is InChI=1S/C15H24N2O2/c1-10-11-6-5-7-13(12(11)8-9-19-10)14(18)16-17-15(2,3)4/h8-10,13,17H,5-7H2,1-4H3,(H,16,18). The predicted molar refractivity (Wildman–Crippen MR) is 75.1 cm³/mol. The van der Waals surface area contributed by atoms with Crippen LogP contribution in [-0.4, -0.2) is 17.6 Å². The van der Waals surface area contributed by atoms with Gasteiger partial charge in [0.1, 0.15) is 6.10 Å². The zero-order chi connectivity index (χ0) is 14.0. The Morgan fingerprint density at radius 2 is 2.16 bits per heavy atom. The Kier molecular flexibility index (Phi) is 3.99. The second kappa shape index (κ2) is 5.37. The fraction of sp³-hybridized carbons (Fsp3) is 0.667. The number of hydrogen-bond acceptors (Lipinski definition) is 3. The van der Waals surface area contributed by atoms with Gasteiger partial charge in [0.05, 0.1) is 12.2 Å². The molecule has 0 spiro atoms. The van der Waals surface area contributed by atoms with E-state index in [0.29, 0.717) is 0 Å². The monoisotopic (exact) mass is 264 g/mol.